The Morgan fingerprint density at radius 3 is 2.29 bits per heavy atom. The minimum Gasteiger partial charge on any atom is -0.467 e. The van der Waals surface area contributed by atoms with E-state index < -0.39 is 11.7 Å². The minimum atomic E-state index is -0.559. The Bertz CT molecular complexity index is 792. The van der Waals surface area contributed by atoms with Crippen molar-refractivity contribution in [2.75, 3.05) is 6.54 Å². The van der Waals surface area contributed by atoms with Gasteiger partial charge in [-0.3, -0.25) is 9.59 Å². The quantitative estimate of drug-likeness (QED) is 0.676. The van der Waals surface area contributed by atoms with Gasteiger partial charge in [-0.25, -0.2) is 4.79 Å². The Labute approximate surface area is 163 Å². The van der Waals surface area contributed by atoms with Crippen LogP contribution >= 0.6 is 0 Å². The third-order valence-electron chi connectivity index (χ3n) is 3.50. The number of benzene rings is 1. The molecule has 0 saturated heterocycles. The molecule has 150 valence electrons. The van der Waals surface area contributed by atoms with Crippen LogP contribution in [0.1, 0.15) is 42.5 Å². The lowest BCUT2D eigenvalue weighted by Gasteiger charge is -2.19. The van der Waals surface area contributed by atoms with Gasteiger partial charge in [-0.15, -0.1) is 0 Å². The molecule has 3 N–H and O–H groups in total. The van der Waals surface area contributed by atoms with Gasteiger partial charge in [-0.1, -0.05) is 12.1 Å². The summed E-state index contributed by atoms with van der Waals surface area (Å²) < 4.78 is 10.3. The summed E-state index contributed by atoms with van der Waals surface area (Å²) in [5.41, 5.74) is 0.675. The molecule has 0 fully saturated rings. The van der Waals surface area contributed by atoms with Crippen LogP contribution in [0.15, 0.2) is 47.1 Å². The summed E-state index contributed by atoms with van der Waals surface area (Å²) in [6.45, 7) is 5.78. The summed E-state index contributed by atoms with van der Waals surface area (Å²) in [5, 5.41) is 7.85. The van der Waals surface area contributed by atoms with Crippen LogP contribution in [-0.4, -0.2) is 30.1 Å². The first kappa shape index (κ1) is 21.0. The van der Waals surface area contributed by atoms with E-state index in [1.165, 1.54) is 6.26 Å². The first-order valence-electron chi connectivity index (χ1n) is 8.86. The lowest BCUT2D eigenvalue weighted by Crippen LogP contribution is -2.36. The Morgan fingerprint density at radius 1 is 0.964 bits per heavy atom. The number of furan rings is 1. The lowest BCUT2D eigenvalue weighted by atomic mass is 10.1. The lowest BCUT2D eigenvalue weighted by molar-refractivity contribution is -0.120. The number of carbonyl (C=O) groups excluding carboxylic acids is 3. The van der Waals surface area contributed by atoms with Gasteiger partial charge in [-0.2, -0.15) is 0 Å². The molecule has 0 radical (unpaired) electrons. The normalized spacial score (nSPS) is 10.8. The van der Waals surface area contributed by atoms with Crippen molar-refractivity contribution < 1.29 is 23.5 Å². The number of ether oxygens (including phenoxy) is 1. The van der Waals surface area contributed by atoms with Crippen LogP contribution in [0.25, 0.3) is 0 Å². The third-order valence-corrected chi connectivity index (χ3v) is 3.50. The molecule has 1 aromatic heterocycles. The highest BCUT2D eigenvalue weighted by atomic mass is 16.6. The highest BCUT2D eigenvalue weighted by molar-refractivity contribution is 5.96. The maximum Gasteiger partial charge on any atom is 0.407 e. The number of carbonyl (C=O) groups is 3. The van der Waals surface area contributed by atoms with Gasteiger partial charge in [-0.05, 0) is 50.6 Å². The molecule has 1 aromatic carbocycles. The average molecular weight is 387 g/mol. The molecule has 0 aliphatic heterocycles. The van der Waals surface area contributed by atoms with Gasteiger partial charge in [0.25, 0.3) is 5.91 Å². The zero-order valence-electron chi connectivity index (χ0n) is 16.2. The van der Waals surface area contributed by atoms with Gasteiger partial charge >= 0.3 is 6.09 Å². The smallest absolute Gasteiger partial charge is 0.407 e. The van der Waals surface area contributed by atoms with Crippen molar-refractivity contribution in [1.29, 1.82) is 0 Å². The fourth-order valence-electron chi connectivity index (χ4n) is 2.19. The molecule has 1 heterocycles. The van der Waals surface area contributed by atoms with Crippen LogP contribution in [0.2, 0.25) is 0 Å². The summed E-state index contributed by atoms with van der Waals surface area (Å²) >= 11 is 0. The van der Waals surface area contributed by atoms with Crippen LogP contribution in [-0.2, 0) is 22.6 Å². The maximum atomic E-state index is 12.1. The van der Waals surface area contributed by atoms with Crippen molar-refractivity contribution in [1.82, 2.24) is 16.0 Å². The third kappa shape index (κ3) is 7.53. The van der Waals surface area contributed by atoms with Gasteiger partial charge in [0.15, 0.2) is 0 Å². The van der Waals surface area contributed by atoms with Crippen molar-refractivity contribution in [3.63, 3.8) is 0 Å². The monoisotopic (exact) mass is 387 g/mol. The SMILES string of the molecule is CC(C)(C)OC(=O)NCc1ccc(C(=O)NCC(=O)NCc2ccco2)cc1. The van der Waals surface area contributed by atoms with E-state index in [9.17, 15) is 14.4 Å². The van der Waals surface area contributed by atoms with Crippen molar-refractivity contribution in [3.8, 4) is 0 Å². The van der Waals surface area contributed by atoms with Crippen molar-refractivity contribution in [2.45, 2.75) is 39.5 Å². The molecular formula is C20H25N3O5. The van der Waals surface area contributed by atoms with E-state index in [-0.39, 0.29) is 31.4 Å². The summed E-state index contributed by atoms with van der Waals surface area (Å²) in [7, 11) is 0. The van der Waals surface area contributed by atoms with E-state index in [4.69, 9.17) is 9.15 Å². The molecule has 2 aromatic rings. The van der Waals surface area contributed by atoms with E-state index in [0.717, 1.165) is 5.56 Å². The van der Waals surface area contributed by atoms with E-state index in [0.29, 0.717) is 11.3 Å². The molecule has 3 amide bonds. The number of alkyl carbamates (subject to hydrolysis) is 1. The predicted molar refractivity (Wildman–Crippen MR) is 102 cm³/mol. The number of nitrogens with one attached hydrogen (secondary N) is 3. The van der Waals surface area contributed by atoms with Gasteiger partial charge in [0.1, 0.15) is 11.4 Å². The van der Waals surface area contributed by atoms with E-state index in [2.05, 4.69) is 16.0 Å². The molecule has 0 aliphatic carbocycles. The fraction of sp³-hybridized carbons (Fsp3) is 0.350. The Hall–Kier alpha value is -3.29. The van der Waals surface area contributed by atoms with Crippen LogP contribution in [0.4, 0.5) is 4.79 Å². The Kier molecular flexibility index (Phi) is 7.20. The van der Waals surface area contributed by atoms with Gasteiger partial charge in [0, 0.05) is 12.1 Å². The van der Waals surface area contributed by atoms with Crippen molar-refractivity contribution in [2.24, 2.45) is 0 Å². The van der Waals surface area contributed by atoms with Gasteiger partial charge < -0.3 is 25.1 Å². The van der Waals surface area contributed by atoms with Gasteiger partial charge in [0.2, 0.25) is 5.91 Å². The summed E-state index contributed by atoms with van der Waals surface area (Å²) in [6.07, 6.45) is 1.02. The molecule has 0 spiro atoms. The molecule has 0 bridgehead atoms. The van der Waals surface area contributed by atoms with E-state index >= 15 is 0 Å². The zero-order valence-corrected chi connectivity index (χ0v) is 16.2. The highest BCUT2D eigenvalue weighted by Crippen LogP contribution is 2.08. The zero-order chi connectivity index (χ0) is 20.6. The van der Waals surface area contributed by atoms with E-state index in [1.807, 2.05) is 0 Å². The molecule has 0 atom stereocenters. The molecule has 0 unspecified atom stereocenters. The number of rotatable bonds is 7. The van der Waals surface area contributed by atoms with E-state index in [1.54, 1.807) is 57.2 Å². The maximum absolute atomic E-state index is 12.1. The molecule has 8 nitrogen and oxygen atoms in total. The van der Waals surface area contributed by atoms with Crippen LogP contribution in [0, 0.1) is 0 Å². The van der Waals surface area contributed by atoms with Gasteiger partial charge in [0.05, 0.1) is 19.4 Å². The standard InChI is InChI=1S/C20H25N3O5/c1-20(2,3)28-19(26)23-11-14-6-8-15(9-7-14)18(25)22-13-17(24)21-12-16-5-4-10-27-16/h4-10H,11-13H2,1-3H3,(H,21,24)(H,22,25)(H,23,26). The largest absolute Gasteiger partial charge is 0.467 e. The first-order valence-corrected chi connectivity index (χ1v) is 8.86. The number of hydrogen-bond acceptors (Lipinski definition) is 5. The molecule has 28 heavy (non-hydrogen) atoms. The molecule has 0 saturated carbocycles. The topological polar surface area (TPSA) is 110 Å². The highest BCUT2D eigenvalue weighted by Gasteiger charge is 2.15. The number of hydrogen-bond donors (Lipinski definition) is 3. The Morgan fingerprint density at radius 2 is 1.68 bits per heavy atom. The van der Waals surface area contributed by atoms with Crippen molar-refractivity contribution >= 4 is 17.9 Å². The average Bonchev–Trinajstić information content (AvgIpc) is 3.15. The predicted octanol–water partition coefficient (Wildman–Crippen LogP) is 2.35. The second-order valence-corrected chi connectivity index (χ2v) is 7.09. The summed E-state index contributed by atoms with van der Waals surface area (Å²) in [5.74, 6) is -0.0435. The second kappa shape index (κ2) is 9.59. The molecule has 8 heteroatoms. The summed E-state index contributed by atoms with van der Waals surface area (Å²) in [6, 6.07) is 10.2. The minimum absolute atomic E-state index is 0.137. The molecular weight excluding hydrogens is 362 g/mol. The van der Waals surface area contributed by atoms with Crippen LogP contribution < -0.4 is 16.0 Å². The second-order valence-electron chi connectivity index (χ2n) is 7.09. The molecule has 2 rings (SSSR count). The number of amides is 3. The van der Waals surface area contributed by atoms with Crippen molar-refractivity contribution in [3.05, 3.63) is 59.5 Å². The summed E-state index contributed by atoms with van der Waals surface area (Å²) in [4.78, 5) is 35.5. The fourth-order valence-corrected chi connectivity index (χ4v) is 2.19. The van der Waals surface area contributed by atoms with Crippen LogP contribution in [0.3, 0.4) is 0 Å². The first-order chi connectivity index (χ1) is 13.2. The Balaban J connectivity index is 1.73. The van der Waals surface area contributed by atoms with Crippen LogP contribution in [0.5, 0.6) is 0 Å². The molecule has 0 aliphatic rings.